The second-order valence-electron chi connectivity index (χ2n) is 6.18. The maximum absolute atomic E-state index is 12.1. The number of hydrogen-bond donors (Lipinski definition) is 0. The first-order valence-electron chi connectivity index (χ1n) is 7.77. The minimum Gasteiger partial charge on any atom is -0.342 e. The van der Waals surface area contributed by atoms with Crippen molar-refractivity contribution >= 4 is 17.2 Å². The monoisotopic (exact) mass is 319 g/mol. The molecule has 1 amide bonds. The van der Waals surface area contributed by atoms with Gasteiger partial charge in [-0.1, -0.05) is 19.0 Å². The number of rotatable bonds is 4. The molecule has 1 unspecified atom stereocenters. The molecule has 0 spiro atoms. The molecule has 6 heteroatoms. The summed E-state index contributed by atoms with van der Waals surface area (Å²) in [6.45, 7) is 5.58. The Morgan fingerprint density at radius 3 is 3.14 bits per heavy atom. The van der Waals surface area contributed by atoms with E-state index in [0.717, 1.165) is 37.9 Å². The van der Waals surface area contributed by atoms with E-state index in [1.165, 1.54) is 0 Å². The maximum Gasteiger partial charge on any atom is 0.227 e. The van der Waals surface area contributed by atoms with Crippen LogP contribution in [0.15, 0.2) is 21.3 Å². The number of likely N-dealkylation sites (tertiary alicyclic amines) is 1. The minimum absolute atomic E-state index is 0.0624. The van der Waals surface area contributed by atoms with Gasteiger partial charge in [0.2, 0.25) is 17.6 Å². The third kappa shape index (κ3) is 3.38. The van der Waals surface area contributed by atoms with Gasteiger partial charge >= 0.3 is 0 Å². The van der Waals surface area contributed by atoms with Crippen molar-refractivity contribution in [2.45, 2.75) is 33.1 Å². The van der Waals surface area contributed by atoms with E-state index < -0.39 is 0 Å². The van der Waals surface area contributed by atoms with Gasteiger partial charge in [0.1, 0.15) is 0 Å². The predicted octanol–water partition coefficient (Wildman–Crippen LogP) is 3.24. The van der Waals surface area contributed by atoms with E-state index in [9.17, 15) is 4.79 Å². The van der Waals surface area contributed by atoms with Crippen LogP contribution in [0.4, 0.5) is 0 Å². The van der Waals surface area contributed by atoms with Crippen molar-refractivity contribution in [1.29, 1.82) is 0 Å². The normalized spacial score (nSPS) is 18.9. The van der Waals surface area contributed by atoms with Gasteiger partial charge < -0.3 is 9.42 Å². The molecule has 0 N–H and O–H groups in total. The van der Waals surface area contributed by atoms with Crippen molar-refractivity contribution < 1.29 is 9.32 Å². The van der Waals surface area contributed by atoms with Gasteiger partial charge in [-0.05, 0) is 30.2 Å². The van der Waals surface area contributed by atoms with Gasteiger partial charge in [0.15, 0.2) is 0 Å². The zero-order chi connectivity index (χ0) is 15.5. The molecule has 0 aliphatic carbocycles. The Kier molecular flexibility index (Phi) is 4.57. The lowest BCUT2D eigenvalue weighted by Crippen LogP contribution is -2.42. The van der Waals surface area contributed by atoms with Gasteiger partial charge in [-0.2, -0.15) is 16.3 Å². The molecule has 3 rings (SSSR count). The minimum atomic E-state index is 0.0624. The highest BCUT2D eigenvalue weighted by Crippen LogP contribution is 2.23. The fraction of sp³-hybridized carbons (Fsp3) is 0.562. The topological polar surface area (TPSA) is 59.2 Å². The number of nitrogens with zero attached hydrogens (tertiary/aromatic N) is 3. The van der Waals surface area contributed by atoms with Crippen LogP contribution in [-0.4, -0.2) is 34.0 Å². The van der Waals surface area contributed by atoms with Crippen LogP contribution in [-0.2, 0) is 11.2 Å². The van der Waals surface area contributed by atoms with Crippen LogP contribution in [0, 0.1) is 11.8 Å². The first-order valence-corrected chi connectivity index (χ1v) is 8.71. The quantitative estimate of drug-likeness (QED) is 0.868. The lowest BCUT2D eigenvalue weighted by molar-refractivity contribution is -0.136. The van der Waals surface area contributed by atoms with Crippen LogP contribution in [0.3, 0.4) is 0 Å². The highest BCUT2D eigenvalue weighted by atomic mass is 32.1. The lowest BCUT2D eigenvalue weighted by atomic mass is 9.94. The highest BCUT2D eigenvalue weighted by molar-refractivity contribution is 7.08. The second-order valence-corrected chi connectivity index (χ2v) is 6.96. The summed E-state index contributed by atoms with van der Waals surface area (Å²) in [6.07, 6.45) is 2.91. The van der Waals surface area contributed by atoms with Crippen LogP contribution in [0.5, 0.6) is 0 Å². The molecule has 22 heavy (non-hydrogen) atoms. The SMILES string of the molecule is CC(C)C(=O)N1CCCC(Cc2nc(-c3ccsc3)no2)C1. The summed E-state index contributed by atoms with van der Waals surface area (Å²) in [4.78, 5) is 18.6. The van der Waals surface area contributed by atoms with Crippen molar-refractivity contribution in [1.82, 2.24) is 15.0 Å². The van der Waals surface area contributed by atoms with E-state index >= 15 is 0 Å². The molecule has 1 aliphatic heterocycles. The molecule has 5 nitrogen and oxygen atoms in total. The smallest absolute Gasteiger partial charge is 0.227 e. The summed E-state index contributed by atoms with van der Waals surface area (Å²) in [6, 6.07) is 1.99. The molecule has 0 bridgehead atoms. The molecule has 118 valence electrons. The van der Waals surface area contributed by atoms with Crippen molar-refractivity contribution in [2.24, 2.45) is 11.8 Å². The Morgan fingerprint density at radius 2 is 2.41 bits per heavy atom. The van der Waals surface area contributed by atoms with Gasteiger partial charge in [0, 0.05) is 36.4 Å². The van der Waals surface area contributed by atoms with Crippen molar-refractivity contribution in [3.05, 3.63) is 22.7 Å². The van der Waals surface area contributed by atoms with Crippen molar-refractivity contribution in [3.63, 3.8) is 0 Å². The zero-order valence-electron chi connectivity index (χ0n) is 13.0. The van der Waals surface area contributed by atoms with Gasteiger partial charge in [-0.25, -0.2) is 0 Å². The Morgan fingerprint density at radius 1 is 1.55 bits per heavy atom. The third-order valence-electron chi connectivity index (χ3n) is 4.04. The molecule has 3 heterocycles. The Balaban J connectivity index is 1.62. The molecule has 2 aromatic rings. The molecule has 1 aliphatic rings. The van der Waals surface area contributed by atoms with Crippen molar-refractivity contribution in [3.8, 4) is 11.4 Å². The standard InChI is InChI=1S/C16H21N3O2S/c1-11(2)16(20)19-6-3-4-12(9-19)8-14-17-15(18-21-14)13-5-7-22-10-13/h5,7,10-12H,3-4,6,8-9H2,1-2H3. The summed E-state index contributed by atoms with van der Waals surface area (Å²) >= 11 is 1.62. The molecule has 1 atom stereocenters. The van der Waals surface area contributed by atoms with E-state index in [-0.39, 0.29) is 11.8 Å². The largest absolute Gasteiger partial charge is 0.342 e. The Hall–Kier alpha value is -1.69. The number of thiophene rings is 1. The predicted molar refractivity (Wildman–Crippen MR) is 85.5 cm³/mol. The molecule has 1 fully saturated rings. The van der Waals surface area contributed by atoms with E-state index in [0.29, 0.717) is 17.6 Å². The van der Waals surface area contributed by atoms with Crippen molar-refractivity contribution in [2.75, 3.05) is 13.1 Å². The zero-order valence-corrected chi connectivity index (χ0v) is 13.8. The Bertz CT molecular complexity index is 621. The number of aromatic nitrogens is 2. The summed E-state index contributed by atoms with van der Waals surface area (Å²) in [5.74, 6) is 2.04. The number of hydrogen-bond acceptors (Lipinski definition) is 5. The van der Waals surface area contributed by atoms with Crippen LogP contribution in [0.1, 0.15) is 32.6 Å². The average Bonchev–Trinajstić information content (AvgIpc) is 3.17. The van der Waals surface area contributed by atoms with Crippen LogP contribution >= 0.6 is 11.3 Å². The second kappa shape index (κ2) is 6.60. The van der Waals surface area contributed by atoms with E-state index in [1.54, 1.807) is 11.3 Å². The highest BCUT2D eigenvalue weighted by Gasteiger charge is 2.26. The van der Waals surface area contributed by atoms with E-state index in [1.807, 2.05) is 35.6 Å². The molecular weight excluding hydrogens is 298 g/mol. The first-order chi connectivity index (χ1) is 10.6. The molecule has 0 radical (unpaired) electrons. The van der Waals surface area contributed by atoms with Crippen LogP contribution < -0.4 is 0 Å². The van der Waals surface area contributed by atoms with E-state index in [2.05, 4.69) is 10.1 Å². The van der Waals surface area contributed by atoms with Crippen LogP contribution in [0.25, 0.3) is 11.4 Å². The molecular formula is C16H21N3O2S. The van der Waals surface area contributed by atoms with Gasteiger partial charge in [-0.15, -0.1) is 0 Å². The van der Waals surface area contributed by atoms with Gasteiger partial charge in [-0.3, -0.25) is 4.79 Å². The molecule has 0 aromatic carbocycles. The molecule has 2 aromatic heterocycles. The molecule has 1 saturated heterocycles. The molecule has 0 saturated carbocycles. The van der Waals surface area contributed by atoms with Gasteiger partial charge in [0.25, 0.3) is 0 Å². The first kappa shape index (κ1) is 15.2. The van der Waals surface area contributed by atoms with E-state index in [4.69, 9.17) is 4.52 Å². The maximum atomic E-state index is 12.1. The summed E-state index contributed by atoms with van der Waals surface area (Å²) in [5.41, 5.74) is 1.00. The third-order valence-corrected chi connectivity index (χ3v) is 4.72. The summed E-state index contributed by atoms with van der Waals surface area (Å²) < 4.78 is 5.37. The Labute approximate surface area is 134 Å². The number of carbonyl (C=O) groups is 1. The summed E-state index contributed by atoms with van der Waals surface area (Å²) in [7, 11) is 0. The fourth-order valence-electron chi connectivity index (χ4n) is 2.89. The lowest BCUT2D eigenvalue weighted by Gasteiger charge is -2.33. The van der Waals surface area contributed by atoms with Crippen LogP contribution in [0.2, 0.25) is 0 Å². The number of piperidine rings is 1. The average molecular weight is 319 g/mol. The van der Waals surface area contributed by atoms with Gasteiger partial charge in [0.05, 0.1) is 0 Å². The summed E-state index contributed by atoms with van der Waals surface area (Å²) in [5, 5.41) is 8.06. The fourth-order valence-corrected chi connectivity index (χ4v) is 3.53. The number of carbonyl (C=O) groups excluding carboxylic acids is 1. The number of amides is 1.